The van der Waals surface area contributed by atoms with Crippen LogP contribution in [0.1, 0.15) is 61.5 Å². The molecule has 15 nitrogen and oxygen atoms in total. The highest BCUT2D eigenvalue weighted by Crippen LogP contribution is 2.35. The van der Waals surface area contributed by atoms with E-state index >= 15 is 0 Å². The van der Waals surface area contributed by atoms with E-state index in [1.54, 1.807) is 36.8 Å². The van der Waals surface area contributed by atoms with Crippen molar-refractivity contribution >= 4 is 64.5 Å². The summed E-state index contributed by atoms with van der Waals surface area (Å²) in [6, 6.07) is 22.7. The number of nitrogens with one attached hydrogen (secondary N) is 3. The van der Waals surface area contributed by atoms with Crippen molar-refractivity contribution in [3.63, 3.8) is 0 Å². The molecular formula is C44H41N9O6S. The summed E-state index contributed by atoms with van der Waals surface area (Å²) in [6.45, 7) is 5.19. The molecule has 3 N–H and O–H groups in total. The topological polar surface area (TPSA) is 187 Å². The van der Waals surface area contributed by atoms with E-state index in [0.29, 0.717) is 60.6 Å². The minimum Gasteiger partial charge on any atom is -0.340 e. The molecule has 304 valence electrons. The Hall–Kier alpha value is -6.78. The first kappa shape index (κ1) is 40.0. The van der Waals surface area contributed by atoms with Crippen LogP contribution < -0.4 is 16.0 Å². The molecule has 2 saturated heterocycles. The third kappa shape index (κ3) is 8.79. The number of imide groups is 2. The Bertz CT molecular complexity index is 2490. The highest BCUT2D eigenvalue weighted by atomic mass is 32.2. The number of thioether (sulfide) groups is 1. The van der Waals surface area contributed by atoms with E-state index in [1.807, 2.05) is 72.5 Å². The van der Waals surface area contributed by atoms with Gasteiger partial charge in [-0.05, 0) is 79.1 Å². The molecule has 3 aromatic carbocycles. The Kier molecular flexibility index (Phi) is 11.7. The zero-order valence-electron chi connectivity index (χ0n) is 32.7. The molecule has 0 aliphatic carbocycles. The Balaban J connectivity index is 0.791. The van der Waals surface area contributed by atoms with Crippen molar-refractivity contribution in [3.8, 4) is 11.3 Å². The summed E-state index contributed by atoms with van der Waals surface area (Å²) < 4.78 is 0. The second kappa shape index (κ2) is 17.6. The number of aryl methyl sites for hydroxylation is 1. The van der Waals surface area contributed by atoms with E-state index in [-0.39, 0.29) is 42.2 Å². The second-order valence-electron chi connectivity index (χ2n) is 14.7. The van der Waals surface area contributed by atoms with Gasteiger partial charge in [-0.1, -0.05) is 24.3 Å². The number of pyridine rings is 1. The summed E-state index contributed by atoms with van der Waals surface area (Å²) in [5.41, 5.74) is 6.00. The van der Waals surface area contributed by atoms with Gasteiger partial charge in [0.15, 0.2) is 0 Å². The van der Waals surface area contributed by atoms with Gasteiger partial charge in [0.05, 0.1) is 16.8 Å². The van der Waals surface area contributed by atoms with E-state index in [9.17, 15) is 28.8 Å². The normalized spacial score (nSPS) is 16.7. The molecule has 0 spiro atoms. The molecule has 2 aromatic heterocycles. The molecule has 0 bridgehead atoms. The van der Waals surface area contributed by atoms with Crippen molar-refractivity contribution in [2.24, 2.45) is 0 Å². The second-order valence-corrected chi connectivity index (χ2v) is 15.8. The van der Waals surface area contributed by atoms with Gasteiger partial charge in [0, 0.05) is 97.3 Å². The van der Waals surface area contributed by atoms with Gasteiger partial charge in [-0.2, -0.15) is 0 Å². The highest BCUT2D eigenvalue weighted by Gasteiger charge is 2.45. The summed E-state index contributed by atoms with van der Waals surface area (Å²) in [6.07, 6.45) is 5.53. The fourth-order valence-electron chi connectivity index (χ4n) is 7.44. The van der Waals surface area contributed by atoms with Crippen LogP contribution in [0.25, 0.3) is 11.3 Å². The van der Waals surface area contributed by atoms with Gasteiger partial charge in [-0.15, -0.1) is 11.8 Å². The lowest BCUT2D eigenvalue weighted by Gasteiger charge is -2.34. The highest BCUT2D eigenvalue weighted by molar-refractivity contribution is 7.99. The van der Waals surface area contributed by atoms with Crippen LogP contribution in [0.5, 0.6) is 0 Å². The minimum absolute atomic E-state index is 0.0116. The Morgan fingerprint density at radius 1 is 0.900 bits per heavy atom. The number of piperidine rings is 1. The summed E-state index contributed by atoms with van der Waals surface area (Å²) in [4.78, 5) is 95.9. The molecule has 3 aliphatic rings. The van der Waals surface area contributed by atoms with Crippen LogP contribution in [0.2, 0.25) is 0 Å². The Morgan fingerprint density at radius 3 is 2.48 bits per heavy atom. The van der Waals surface area contributed by atoms with Gasteiger partial charge in [0.2, 0.25) is 23.7 Å². The van der Waals surface area contributed by atoms with Crippen molar-refractivity contribution in [2.75, 3.05) is 42.6 Å². The molecule has 3 aliphatic heterocycles. The van der Waals surface area contributed by atoms with Crippen LogP contribution in [0.15, 0.2) is 102 Å². The number of anilines is 3. The number of hydrogen-bond donors (Lipinski definition) is 3. The molecule has 0 saturated carbocycles. The van der Waals surface area contributed by atoms with Crippen LogP contribution in [-0.2, 0) is 20.9 Å². The molecule has 60 heavy (non-hydrogen) atoms. The predicted molar refractivity (Wildman–Crippen MR) is 224 cm³/mol. The summed E-state index contributed by atoms with van der Waals surface area (Å²) >= 11 is 1.33. The maximum Gasteiger partial charge on any atom is 0.263 e. The molecule has 0 radical (unpaired) electrons. The zero-order chi connectivity index (χ0) is 41.8. The molecule has 1 unspecified atom stereocenters. The average molecular weight is 824 g/mol. The van der Waals surface area contributed by atoms with Crippen LogP contribution in [0, 0.1) is 6.92 Å². The van der Waals surface area contributed by atoms with Gasteiger partial charge in [0.1, 0.15) is 6.04 Å². The molecular weight excluding hydrogens is 783 g/mol. The summed E-state index contributed by atoms with van der Waals surface area (Å²) in [5.74, 6) is -1.58. The molecule has 5 heterocycles. The number of rotatable bonds is 12. The predicted octanol–water partition coefficient (Wildman–Crippen LogP) is 5.07. The number of benzene rings is 3. The van der Waals surface area contributed by atoms with Crippen LogP contribution in [0.3, 0.4) is 0 Å². The van der Waals surface area contributed by atoms with Gasteiger partial charge in [0.25, 0.3) is 17.7 Å². The van der Waals surface area contributed by atoms with Crippen molar-refractivity contribution in [2.45, 2.75) is 43.7 Å². The van der Waals surface area contributed by atoms with Crippen molar-refractivity contribution in [1.29, 1.82) is 0 Å². The zero-order valence-corrected chi connectivity index (χ0v) is 33.5. The van der Waals surface area contributed by atoms with Gasteiger partial charge in [-0.25, -0.2) is 9.97 Å². The molecule has 8 rings (SSSR count). The van der Waals surface area contributed by atoms with Crippen molar-refractivity contribution in [1.82, 2.24) is 35.0 Å². The number of carbonyl (C=O) groups excluding carboxylic acids is 6. The third-order valence-electron chi connectivity index (χ3n) is 10.7. The number of fused-ring (bicyclic) bond motifs is 1. The Morgan fingerprint density at radius 2 is 1.72 bits per heavy atom. The standard InChI is InChI=1S/C44H41N9O6S/c1-27-7-12-31(24-34(27)49-44-46-18-15-33(48-44)30-4-3-17-45-25-30)47-40(56)29-10-8-28(9-11-29)26-51-19-21-52(22-20-51)38(55)16-23-60-36-6-2-5-32-39(36)43(59)53(42(32)58)35-13-14-37(54)50-41(35)57/h2-12,15,17-18,24-25,35H,13-14,16,19-23,26H2,1H3,(H,47,56)(H,46,48,49)(H,50,54,57). The van der Waals surface area contributed by atoms with Crippen LogP contribution in [0.4, 0.5) is 17.3 Å². The van der Waals surface area contributed by atoms with Crippen molar-refractivity contribution in [3.05, 3.63) is 125 Å². The van der Waals surface area contributed by atoms with E-state index < -0.39 is 29.7 Å². The number of piperazine rings is 1. The number of amides is 6. The number of nitrogens with zero attached hydrogens (tertiary/aromatic N) is 6. The molecule has 16 heteroatoms. The fourth-order valence-corrected chi connectivity index (χ4v) is 8.45. The maximum atomic E-state index is 13.4. The number of carbonyl (C=O) groups is 6. The Labute approximate surface area is 350 Å². The third-order valence-corrected chi connectivity index (χ3v) is 11.8. The first-order chi connectivity index (χ1) is 29.1. The first-order valence-corrected chi connectivity index (χ1v) is 20.6. The lowest BCUT2D eigenvalue weighted by molar-refractivity contribution is -0.136. The smallest absolute Gasteiger partial charge is 0.263 e. The summed E-state index contributed by atoms with van der Waals surface area (Å²) in [7, 11) is 0. The first-order valence-electron chi connectivity index (χ1n) is 19.6. The number of hydrogen-bond acceptors (Lipinski definition) is 12. The van der Waals surface area contributed by atoms with Gasteiger partial charge < -0.3 is 15.5 Å². The summed E-state index contributed by atoms with van der Waals surface area (Å²) in [5, 5.41) is 8.47. The van der Waals surface area contributed by atoms with Gasteiger partial charge >= 0.3 is 0 Å². The lowest BCUT2D eigenvalue weighted by atomic mass is 10.0. The molecule has 5 aromatic rings. The van der Waals surface area contributed by atoms with E-state index in [1.165, 1.54) is 11.8 Å². The largest absolute Gasteiger partial charge is 0.340 e. The van der Waals surface area contributed by atoms with E-state index in [2.05, 4.69) is 35.8 Å². The monoisotopic (exact) mass is 823 g/mol. The quantitative estimate of drug-likeness (QED) is 0.112. The fraction of sp³-hybridized carbons (Fsp3) is 0.250. The maximum absolute atomic E-state index is 13.4. The van der Waals surface area contributed by atoms with E-state index in [0.717, 1.165) is 33.0 Å². The molecule has 1 atom stereocenters. The van der Waals surface area contributed by atoms with Gasteiger partial charge in [-0.3, -0.25) is 48.9 Å². The average Bonchev–Trinajstić information content (AvgIpc) is 3.51. The SMILES string of the molecule is Cc1ccc(NC(=O)c2ccc(CN3CCN(C(=O)CCSc4cccc5c4C(=O)N(C4CCC(=O)NC4=O)C5=O)CC3)cc2)cc1Nc1nccc(-c2cccnc2)n1. The number of aromatic nitrogens is 3. The lowest BCUT2D eigenvalue weighted by Crippen LogP contribution is -2.54. The van der Waals surface area contributed by atoms with E-state index in [4.69, 9.17) is 0 Å². The van der Waals surface area contributed by atoms with Crippen LogP contribution in [-0.4, -0.2) is 103 Å². The van der Waals surface area contributed by atoms with Crippen LogP contribution >= 0.6 is 11.8 Å². The minimum atomic E-state index is -1.03. The molecule has 6 amide bonds. The molecule has 2 fully saturated rings. The van der Waals surface area contributed by atoms with Crippen molar-refractivity contribution < 1.29 is 28.8 Å².